The van der Waals surface area contributed by atoms with Gasteiger partial charge >= 0.3 is 0 Å². The Hall–Kier alpha value is -1.80. The quantitative estimate of drug-likeness (QED) is 0.612. The van der Waals surface area contributed by atoms with E-state index in [-0.39, 0.29) is 5.41 Å². The van der Waals surface area contributed by atoms with Crippen molar-refractivity contribution in [1.82, 2.24) is 0 Å². The third kappa shape index (κ3) is 2.56. The van der Waals surface area contributed by atoms with E-state index in [1.165, 1.54) is 21.3 Å². The first-order valence-electron chi connectivity index (χ1n) is 6.88. The fraction of sp³-hybridized carbons (Fsp3) is 0.222. The highest BCUT2D eigenvalue weighted by atomic mass is 32.1. The number of anilines is 2. The maximum absolute atomic E-state index is 3.52. The van der Waals surface area contributed by atoms with Crippen LogP contribution in [-0.2, 0) is 5.41 Å². The number of fused-ring (bicyclic) bond motifs is 1. The lowest BCUT2D eigenvalue weighted by atomic mass is 9.87. The van der Waals surface area contributed by atoms with Gasteiger partial charge in [0.15, 0.2) is 0 Å². The van der Waals surface area contributed by atoms with Crippen molar-refractivity contribution < 1.29 is 0 Å². The molecule has 0 aliphatic heterocycles. The first kappa shape index (κ1) is 13.2. The number of hydrogen-bond acceptors (Lipinski definition) is 2. The second-order valence-corrected chi connectivity index (χ2v) is 7.01. The van der Waals surface area contributed by atoms with E-state index in [1.54, 1.807) is 11.3 Å². The van der Waals surface area contributed by atoms with Crippen LogP contribution in [0.15, 0.2) is 53.9 Å². The highest BCUT2D eigenvalue weighted by Crippen LogP contribution is 2.32. The lowest BCUT2D eigenvalue weighted by Gasteiger charge is -2.19. The normalized spacial score (nSPS) is 11.8. The monoisotopic (exact) mass is 281 g/mol. The van der Waals surface area contributed by atoms with Gasteiger partial charge in [0.2, 0.25) is 0 Å². The van der Waals surface area contributed by atoms with E-state index in [0.717, 1.165) is 5.69 Å². The van der Waals surface area contributed by atoms with Gasteiger partial charge in [-0.15, -0.1) is 11.3 Å². The summed E-state index contributed by atoms with van der Waals surface area (Å²) < 4.78 is 1.32. The van der Waals surface area contributed by atoms with Gasteiger partial charge in [0.25, 0.3) is 0 Å². The van der Waals surface area contributed by atoms with E-state index >= 15 is 0 Å². The van der Waals surface area contributed by atoms with Crippen LogP contribution in [-0.4, -0.2) is 0 Å². The van der Waals surface area contributed by atoms with Gasteiger partial charge < -0.3 is 5.32 Å². The first-order chi connectivity index (χ1) is 9.54. The summed E-state index contributed by atoms with van der Waals surface area (Å²) in [5.41, 5.74) is 3.89. The van der Waals surface area contributed by atoms with Gasteiger partial charge in [-0.25, -0.2) is 0 Å². The van der Waals surface area contributed by atoms with Gasteiger partial charge in [0.1, 0.15) is 0 Å². The topological polar surface area (TPSA) is 12.0 Å². The van der Waals surface area contributed by atoms with Crippen molar-refractivity contribution in [2.24, 2.45) is 0 Å². The zero-order chi connectivity index (χ0) is 14.2. The van der Waals surface area contributed by atoms with Crippen molar-refractivity contribution >= 4 is 32.8 Å². The summed E-state index contributed by atoms with van der Waals surface area (Å²) in [5, 5.41) is 6.99. The van der Waals surface area contributed by atoms with Crippen LogP contribution in [0.4, 0.5) is 11.4 Å². The van der Waals surface area contributed by atoms with Gasteiger partial charge in [0.05, 0.1) is 5.69 Å². The summed E-state index contributed by atoms with van der Waals surface area (Å²) in [6.07, 6.45) is 0. The Balaban J connectivity index is 1.88. The molecule has 1 nitrogen and oxygen atoms in total. The van der Waals surface area contributed by atoms with Crippen molar-refractivity contribution in [3.8, 4) is 0 Å². The lowest BCUT2D eigenvalue weighted by molar-refractivity contribution is 0.590. The van der Waals surface area contributed by atoms with E-state index < -0.39 is 0 Å². The molecule has 102 valence electrons. The molecule has 20 heavy (non-hydrogen) atoms. The largest absolute Gasteiger partial charge is 0.354 e. The van der Waals surface area contributed by atoms with Crippen LogP contribution < -0.4 is 5.32 Å². The molecule has 3 aromatic rings. The molecule has 1 aromatic heterocycles. The van der Waals surface area contributed by atoms with Crippen molar-refractivity contribution in [1.29, 1.82) is 0 Å². The molecule has 0 aliphatic rings. The Bertz CT molecular complexity index is 717. The summed E-state index contributed by atoms with van der Waals surface area (Å²) in [7, 11) is 0. The van der Waals surface area contributed by atoms with Crippen molar-refractivity contribution in [3.05, 3.63) is 59.5 Å². The van der Waals surface area contributed by atoms with Crippen LogP contribution in [0, 0.1) is 0 Å². The van der Waals surface area contributed by atoms with E-state index in [2.05, 4.69) is 80.0 Å². The van der Waals surface area contributed by atoms with E-state index in [1.807, 2.05) is 0 Å². The molecule has 0 saturated carbocycles. The highest BCUT2D eigenvalue weighted by Gasteiger charge is 2.13. The molecule has 1 heterocycles. The Morgan fingerprint density at radius 1 is 0.900 bits per heavy atom. The van der Waals surface area contributed by atoms with Gasteiger partial charge in [-0.1, -0.05) is 51.1 Å². The van der Waals surface area contributed by atoms with Crippen molar-refractivity contribution in [3.63, 3.8) is 0 Å². The van der Waals surface area contributed by atoms with Crippen LogP contribution in [0.25, 0.3) is 10.1 Å². The smallest absolute Gasteiger partial charge is 0.0572 e. The van der Waals surface area contributed by atoms with Gasteiger partial charge in [-0.3, -0.25) is 0 Å². The minimum Gasteiger partial charge on any atom is -0.354 e. The number of thiophene rings is 1. The van der Waals surface area contributed by atoms with Crippen LogP contribution >= 0.6 is 11.3 Å². The molecular weight excluding hydrogens is 262 g/mol. The van der Waals surface area contributed by atoms with Crippen LogP contribution in [0.5, 0.6) is 0 Å². The van der Waals surface area contributed by atoms with Crippen LogP contribution in [0.2, 0.25) is 0 Å². The lowest BCUT2D eigenvalue weighted by Crippen LogP contribution is -2.10. The molecule has 2 heteroatoms. The molecule has 0 radical (unpaired) electrons. The standard InChI is InChI=1S/C18H19NS/c1-18(2,3)13-8-10-14(11-9-13)19-16-12-20-17-7-5-4-6-15(16)17/h4-12,19H,1-3H3. The molecule has 0 atom stereocenters. The summed E-state index contributed by atoms with van der Waals surface area (Å²) in [5.74, 6) is 0. The zero-order valence-electron chi connectivity index (χ0n) is 12.1. The first-order valence-corrected chi connectivity index (χ1v) is 7.76. The molecule has 0 unspecified atom stereocenters. The second-order valence-electron chi connectivity index (χ2n) is 6.10. The molecule has 0 spiro atoms. The van der Waals surface area contributed by atoms with E-state index in [4.69, 9.17) is 0 Å². The van der Waals surface area contributed by atoms with Crippen molar-refractivity contribution in [2.45, 2.75) is 26.2 Å². The second kappa shape index (κ2) is 4.95. The Morgan fingerprint density at radius 3 is 2.30 bits per heavy atom. The SMILES string of the molecule is CC(C)(C)c1ccc(Nc2csc3ccccc23)cc1. The number of rotatable bonds is 2. The summed E-state index contributed by atoms with van der Waals surface area (Å²) in [4.78, 5) is 0. The highest BCUT2D eigenvalue weighted by molar-refractivity contribution is 7.17. The Kier molecular flexibility index (Phi) is 3.27. The zero-order valence-corrected chi connectivity index (χ0v) is 12.9. The molecule has 3 rings (SSSR count). The molecule has 0 fully saturated rings. The average molecular weight is 281 g/mol. The number of benzene rings is 2. The fourth-order valence-electron chi connectivity index (χ4n) is 2.28. The average Bonchev–Trinajstić information content (AvgIpc) is 2.82. The van der Waals surface area contributed by atoms with Crippen molar-refractivity contribution in [2.75, 3.05) is 5.32 Å². The molecule has 2 aromatic carbocycles. The van der Waals surface area contributed by atoms with Gasteiger partial charge in [-0.2, -0.15) is 0 Å². The predicted molar refractivity (Wildman–Crippen MR) is 90.2 cm³/mol. The Morgan fingerprint density at radius 2 is 1.60 bits per heavy atom. The summed E-state index contributed by atoms with van der Waals surface area (Å²) in [6.45, 7) is 6.71. The third-order valence-electron chi connectivity index (χ3n) is 3.51. The summed E-state index contributed by atoms with van der Waals surface area (Å²) >= 11 is 1.78. The molecule has 1 N–H and O–H groups in total. The predicted octanol–water partition coefficient (Wildman–Crippen LogP) is 5.94. The third-order valence-corrected chi connectivity index (χ3v) is 4.47. The minimum atomic E-state index is 0.202. The van der Waals surface area contributed by atoms with Gasteiger partial charge in [-0.05, 0) is 29.2 Å². The van der Waals surface area contributed by atoms with E-state index in [0.29, 0.717) is 0 Å². The Labute approximate surface area is 124 Å². The van der Waals surface area contributed by atoms with Crippen LogP contribution in [0.1, 0.15) is 26.3 Å². The molecule has 0 amide bonds. The molecular formula is C18H19NS. The minimum absolute atomic E-state index is 0.202. The number of hydrogen-bond donors (Lipinski definition) is 1. The van der Waals surface area contributed by atoms with E-state index in [9.17, 15) is 0 Å². The van der Waals surface area contributed by atoms with Crippen LogP contribution in [0.3, 0.4) is 0 Å². The maximum atomic E-state index is 3.52. The van der Waals surface area contributed by atoms with Gasteiger partial charge in [0, 0.05) is 21.2 Å². The molecule has 0 bridgehead atoms. The molecule has 0 aliphatic carbocycles. The summed E-state index contributed by atoms with van der Waals surface area (Å²) in [6, 6.07) is 17.2. The number of nitrogens with one attached hydrogen (secondary N) is 1. The fourth-order valence-corrected chi connectivity index (χ4v) is 3.18. The maximum Gasteiger partial charge on any atom is 0.0572 e. The molecule has 0 saturated heterocycles.